The summed E-state index contributed by atoms with van der Waals surface area (Å²) in [5, 5.41) is 4.32. The Hall–Kier alpha value is -2.39. The van der Waals surface area contributed by atoms with E-state index in [1.54, 1.807) is 17.5 Å². The minimum Gasteiger partial charge on any atom is -0.326 e. The molecule has 0 spiro atoms. The molecule has 0 saturated heterocycles. The number of amides is 1. The van der Waals surface area contributed by atoms with Crippen molar-refractivity contribution in [2.45, 2.75) is 22.7 Å². The third-order valence-corrected chi connectivity index (χ3v) is 5.78. The highest BCUT2D eigenvalue weighted by Gasteiger charge is 2.29. The van der Waals surface area contributed by atoms with Crippen molar-refractivity contribution in [2.24, 2.45) is 0 Å². The van der Waals surface area contributed by atoms with Crippen LogP contribution in [0.15, 0.2) is 58.3 Å². The number of anilines is 1. The molecule has 0 bridgehead atoms. The fourth-order valence-electron chi connectivity index (χ4n) is 2.27. The first-order chi connectivity index (χ1) is 13.3. The highest BCUT2D eigenvalue weighted by molar-refractivity contribution is 8.00. The fraction of sp³-hybridized carbons (Fsp3) is 0.158. The molecular weight excluding hydrogens is 412 g/mol. The first-order valence-electron chi connectivity index (χ1n) is 8.08. The van der Waals surface area contributed by atoms with E-state index >= 15 is 0 Å². The average molecular weight is 426 g/mol. The summed E-state index contributed by atoms with van der Waals surface area (Å²) in [5.41, 5.74) is 1.06. The number of hydrogen-bond donors (Lipinski definition) is 1. The Balaban J connectivity index is 1.51. The topological polar surface area (TPSA) is 42.0 Å². The van der Waals surface area contributed by atoms with E-state index in [0.717, 1.165) is 22.0 Å². The third kappa shape index (κ3) is 5.80. The van der Waals surface area contributed by atoms with Crippen LogP contribution in [-0.2, 0) is 23.1 Å². The van der Waals surface area contributed by atoms with Crippen LogP contribution in [0.3, 0.4) is 0 Å². The molecule has 3 aromatic rings. The monoisotopic (exact) mass is 426 g/mol. The van der Waals surface area contributed by atoms with Gasteiger partial charge in [0.15, 0.2) is 0 Å². The zero-order valence-electron chi connectivity index (χ0n) is 14.3. The van der Waals surface area contributed by atoms with Crippen molar-refractivity contribution in [1.82, 2.24) is 4.98 Å². The zero-order valence-corrected chi connectivity index (χ0v) is 15.9. The minimum absolute atomic E-state index is 0.0225. The number of aromatic nitrogens is 1. The van der Waals surface area contributed by atoms with E-state index in [2.05, 4.69) is 10.3 Å². The van der Waals surface area contributed by atoms with Crippen LogP contribution in [0.1, 0.15) is 16.8 Å². The molecule has 3 rings (SSSR count). The SMILES string of the molecule is O=C(Cc1csc(SCc2ccc(F)cc2)n1)Nc1ccc(C(F)(F)F)cc1. The van der Waals surface area contributed by atoms with Crippen LogP contribution in [0.4, 0.5) is 23.2 Å². The molecule has 1 amide bonds. The van der Waals surface area contributed by atoms with Crippen LogP contribution >= 0.6 is 23.1 Å². The van der Waals surface area contributed by atoms with Crippen molar-refractivity contribution in [2.75, 3.05) is 5.32 Å². The van der Waals surface area contributed by atoms with Gasteiger partial charge in [-0.3, -0.25) is 4.79 Å². The van der Waals surface area contributed by atoms with E-state index in [4.69, 9.17) is 0 Å². The summed E-state index contributed by atoms with van der Waals surface area (Å²) in [6.07, 6.45) is -4.39. The Kier molecular flexibility index (Phi) is 6.35. The number of nitrogens with zero attached hydrogens (tertiary/aromatic N) is 1. The number of rotatable bonds is 6. The van der Waals surface area contributed by atoms with Crippen molar-refractivity contribution in [3.05, 3.63) is 76.5 Å². The van der Waals surface area contributed by atoms with Crippen LogP contribution in [-0.4, -0.2) is 10.9 Å². The third-order valence-electron chi connectivity index (χ3n) is 3.64. The highest BCUT2D eigenvalue weighted by atomic mass is 32.2. The van der Waals surface area contributed by atoms with Gasteiger partial charge in [-0.2, -0.15) is 13.2 Å². The Morgan fingerprint density at radius 1 is 1.07 bits per heavy atom. The Morgan fingerprint density at radius 2 is 1.75 bits per heavy atom. The van der Waals surface area contributed by atoms with Crippen molar-refractivity contribution >= 4 is 34.7 Å². The smallest absolute Gasteiger partial charge is 0.326 e. The van der Waals surface area contributed by atoms with E-state index < -0.39 is 11.7 Å². The maximum Gasteiger partial charge on any atom is 0.416 e. The molecule has 3 nitrogen and oxygen atoms in total. The van der Waals surface area contributed by atoms with E-state index in [-0.39, 0.29) is 18.1 Å². The van der Waals surface area contributed by atoms with Gasteiger partial charge in [-0.25, -0.2) is 9.37 Å². The van der Waals surface area contributed by atoms with Gasteiger partial charge < -0.3 is 5.32 Å². The quantitative estimate of drug-likeness (QED) is 0.402. The number of alkyl halides is 3. The largest absolute Gasteiger partial charge is 0.416 e. The molecule has 0 aliphatic carbocycles. The van der Waals surface area contributed by atoms with Crippen molar-refractivity contribution in [3.63, 3.8) is 0 Å². The predicted octanol–water partition coefficient (Wildman–Crippen LogP) is 5.77. The molecule has 0 atom stereocenters. The Morgan fingerprint density at radius 3 is 2.39 bits per heavy atom. The number of carbonyl (C=O) groups is 1. The second kappa shape index (κ2) is 8.74. The number of halogens is 4. The molecular formula is C19H14F4N2OS2. The molecule has 0 saturated carbocycles. The molecule has 0 unspecified atom stereocenters. The van der Waals surface area contributed by atoms with Gasteiger partial charge in [0.05, 0.1) is 17.7 Å². The molecule has 0 fully saturated rings. The highest BCUT2D eigenvalue weighted by Crippen LogP contribution is 2.30. The van der Waals surface area contributed by atoms with Crippen molar-refractivity contribution < 1.29 is 22.4 Å². The normalized spacial score (nSPS) is 11.4. The van der Waals surface area contributed by atoms with Gasteiger partial charge in [-0.1, -0.05) is 23.9 Å². The van der Waals surface area contributed by atoms with Crippen molar-refractivity contribution in [1.29, 1.82) is 0 Å². The molecule has 1 N–H and O–H groups in total. The summed E-state index contributed by atoms with van der Waals surface area (Å²) in [4.78, 5) is 16.4. The number of carbonyl (C=O) groups excluding carboxylic acids is 1. The van der Waals surface area contributed by atoms with Crippen LogP contribution < -0.4 is 5.32 Å². The summed E-state index contributed by atoms with van der Waals surface area (Å²) < 4.78 is 51.3. The van der Waals surface area contributed by atoms with Gasteiger partial charge in [0, 0.05) is 16.8 Å². The molecule has 0 aliphatic rings. The lowest BCUT2D eigenvalue weighted by Gasteiger charge is -2.08. The second-order valence-electron chi connectivity index (χ2n) is 5.82. The first-order valence-corrected chi connectivity index (χ1v) is 9.95. The number of thiazole rings is 1. The summed E-state index contributed by atoms with van der Waals surface area (Å²) in [6, 6.07) is 10.5. The molecule has 0 aliphatic heterocycles. The molecule has 9 heteroatoms. The second-order valence-corrected chi connectivity index (χ2v) is 7.90. The fourth-order valence-corrected chi connectivity index (χ4v) is 4.07. The van der Waals surface area contributed by atoms with E-state index in [1.165, 1.54) is 47.4 Å². The van der Waals surface area contributed by atoms with E-state index in [1.807, 2.05) is 0 Å². The van der Waals surface area contributed by atoms with Crippen LogP contribution in [0.25, 0.3) is 0 Å². The summed E-state index contributed by atoms with van der Waals surface area (Å²) in [6.45, 7) is 0. The summed E-state index contributed by atoms with van der Waals surface area (Å²) >= 11 is 2.88. The maximum atomic E-state index is 12.9. The predicted molar refractivity (Wildman–Crippen MR) is 102 cm³/mol. The van der Waals surface area contributed by atoms with Crippen LogP contribution in [0.5, 0.6) is 0 Å². The molecule has 1 aromatic heterocycles. The number of thioether (sulfide) groups is 1. The molecule has 1 heterocycles. The summed E-state index contributed by atoms with van der Waals surface area (Å²) in [5.74, 6) is -0.0187. The van der Waals surface area contributed by atoms with E-state index in [0.29, 0.717) is 17.1 Å². The summed E-state index contributed by atoms with van der Waals surface area (Å²) in [7, 11) is 0. The van der Waals surface area contributed by atoms with Crippen LogP contribution in [0, 0.1) is 5.82 Å². The lowest BCUT2D eigenvalue weighted by molar-refractivity contribution is -0.137. The number of hydrogen-bond acceptors (Lipinski definition) is 4. The van der Waals surface area contributed by atoms with Crippen LogP contribution in [0.2, 0.25) is 0 Å². The Labute approximate surface area is 166 Å². The molecule has 2 aromatic carbocycles. The number of benzene rings is 2. The van der Waals surface area contributed by atoms with Gasteiger partial charge in [0.25, 0.3) is 0 Å². The Bertz CT molecular complexity index is 938. The molecule has 146 valence electrons. The van der Waals surface area contributed by atoms with Gasteiger partial charge in [0.2, 0.25) is 5.91 Å². The average Bonchev–Trinajstić information content (AvgIpc) is 3.08. The first kappa shape index (κ1) is 20.3. The van der Waals surface area contributed by atoms with Crippen molar-refractivity contribution in [3.8, 4) is 0 Å². The number of nitrogens with one attached hydrogen (secondary N) is 1. The van der Waals surface area contributed by atoms with Gasteiger partial charge in [0.1, 0.15) is 10.2 Å². The lowest BCUT2D eigenvalue weighted by Crippen LogP contribution is -2.15. The standard InChI is InChI=1S/C19H14F4N2OS2/c20-14-5-1-12(2-6-14)10-27-18-25-16(11-28-18)9-17(26)24-15-7-3-13(4-8-15)19(21,22)23/h1-8,11H,9-10H2,(H,24,26). The zero-order chi connectivity index (χ0) is 20.1. The van der Waals surface area contributed by atoms with E-state index in [9.17, 15) is 22.4 Å². The maximum absolute atomic E-state index is 12.9. The lowest BCUT2D eigenvalue weighted by atomic mass is 10.2. The minimum atomic E-state index is -4.41. The molecule has 28 heavy (non-hydrogen) atoms. The van der Waals surface area contributed by atoms with Gasteiger partial charge >= 0.3 is 6.18 Å². The van der Waals surface area contributed by atoms with Gasteiger partial charge in [-0.05, 0) is 42.0 Å². The van der Waals surface area contributed by atoms with Gasteiger partial charge in [-0.15, -0.1) is 11.3 Å². The molecule has 0 radical (unpaired) electrons.